The van der Waals surface area contributed by atoms with Crippen LogP contribution in [0.3, 0.4) is 0 Å². The van der Waals surface area contributed by atoms with Crippen LogP contribution in [0.15, 0.2) is 41.1 Å². The van der Waals surface area contributed by atoms with E-state index in [-0.39, 0.29) is 11.7 Å². The van der Waals surface area contributed by atoms with Crippen molar-refractivity contribution in [1.82, 2.24) is 15.1 Å². The Hall–Kier alpha value is -2.80. The summed E-state index contributed by atoms with van der Waals surface area (Å²) in [6.45, 7) is 0.398. The number of phenols is 1. The second-order valence-corrected chi connectivity index (χ2v) is 4.35. The van der Waals surface area contributed by atoms with Gasteiger partial charge in [-0.1, -0.05) is 11.2 Å². The van der Waals surface area contributed by atoms with Crippen molar-refractivity contribution in [3.8, 4) is 28.7 Å². The SMILES string of the molecule is NCc1ccc(-c2nc(-c3ccc(O)c(F)c3)no2)nc1. The normalized spacial score (nSPS) is 10.8. The molecule has 0 atom stereocenters. The summed E-state index contributed by atoms with van der Waals surface area (Å²) in [5, 5.41) is 12.9. The standard InChI is InChI=1S/C14H11FN4O2/c15-10-5-9(2-4-12(10)20)13-18-14(21-19-13)11-3-1-8(6-16)7-17-11/h1-5,7,20H,6,16H2. The highest BCUT2D eigenvalue weighted by molar-refractivity contribution is 5.59. The molecule has 0 aliphatic rings. The van der Waals surface area contributed by atoms with Crippen molar-refractivity contribution in [2.24, 2.45) is 5.73 Å². The average molecular weight is 286 g/mol. The van der Waals surface area contributed by atoms with Crippen LogP contribution < -0.4 is 5.73 Å². The number of aromatic nitrogens is 3. The Bertz CT molecular complexity index is 771. The molecule has 3 aromatic rings. The van der Waals surface area contributed by atoms with Crippen LogP contribution >= 0.6 is 0 Å². The lowest BCUT2D eigenvalue weighted by atomic mass is 10.2. The Morgan fingerprint density at radius 2 is 2.10 bits per heavy atom. The Balaban J connectivity index is 1.93. The fourth-order valence-electron chi connectivity index (χ4n) is 1.76. The Labute approximate surface area is 119 Å². The van der Waals surface area contributed by atoms with Crippen LogP contribution in [0.2, 0.25) is 0 Å². The van der Waals surface area contributed by atoms with Crippen molar-refractivity contribution in [3.63, 3.8) is 0 Å². The van der Waals surface area contributed by atoms with E-state index in [1.807, 2.05) is 6.07 Å². The van der Waals surface area contributed by atoms with E-state index in [9.17, 15) is 4.39 Å². The smallest absolute Gasteiger partial charge is 0.276 e. The number of aromatic hydroxyl groups is 1. The van der Waals surface area contributed by atoms with Crippen molar-refractivity contribution < 1.29 is 14.0 Å². The number of nitrogens with two attached hydrogens (primary N) is 1. The zero-order chi connectivity index (χ0) is 14.8. The molecule has 6 nitrogen and oxygen atoms in total. The number of pyridine rings is 1. The van der Waals surface area contributed by atoms with Gasteiger partial charge in [0.1, 0.15) is 5.69 Å². The van der Waals surface area contributed by atoms with Crippen molar-refractivity contribution in [1.29, 1.82) is 0 Å². The van der Waals surface area contributed by atoms with E-state index in [1.165, 1.54) is 12.1 Å². The van der Waals surface area contributed by atoms with Crippen molar-refractivity contribution in [2.45, 2.75) is 6.54 Å². The Morgan fingerprint density at radius 3 is 2.76 bits per heavy atom. The molecule has 1 aromatic carbocycles. The predicted octanol–water partition coefficient (Wildman–Crippen LogP) is 2.10. The molecule has 3 N–H and O–H groups in total. The molecule has 0 bridgehead atoms. The van der Waals surface area contributed by atoms with Gasteiger partial charge in [-0.3, -0.25) is 4.98 Å². The van der Waals surface area contributed by atoms with Crippen LogP contribution in [-0.4, -0.2) is 20.2 Å². The molecule has 0 radical (unpaired) electrons. The van der Waals surface area contributed by atoms with Crippen molar-refractivity contribution >= 4 is 0 Å². The molecule has 21 heavy (non-hydrogen) atoms. The van der Waals surface area contributed by atoms with Gasteiger partial charge in [0.25, 0.3) is 5.89 Å². The fraction of sp³-hybridized carbons (Fsp3) is 0.0714. The third kappa shape index (κ3) is 2.59. The molecule has 0 aliphatic heterocycles. The minimum atomic E-state index is -0.746. The number of phenolic OH excluding ortho intramolecular Hbond substituents is 1. The van der Waals surface area contributed by atoms with Gasteiger partial charge in [0.15, 0.2) is 11.6 Å². The highest BCUT2D eigenvalue weighted by Crippen LogP contribution is 2.24. The first-order valence-corrected chi connectivity index (χ1v) is 6.15. The summed E-state index contributed by atoms with van der Waals surface area (Å²) < 4.78 is 18.4. The van der Waals surface area contributed by atoms with Gasteiger partial charge < -0.3 is 15.4 Å². The largest absolute Gasteiger partial charge is 0.505 e. The minimum absolute atomic E-state index is 0.216. The first-order valence-electron chi connectivity index (χ1n) is 6.15. The number of halogens is 1. The summed E-state index contributed by atoms with van der Waals surface area (Å²) in [4.78, 5) is 8.33. The third-order valence-electron chi connectivity index (χ3n) is 2.91. The average Bonchev–Trinajstić information content (AvgIpc) is 3.00. The maximum absolute atomic E-state index is 13.3. The quantitative estimate of drug-likeness (QED) is 0.765. The van der Waals surface area contributed by atoms with Crippen LogP contribution in [0.1, 0.15) is 5.56 Å². The van der Waals surface area contributed by atoms with Crippen LogP contribution in [0.5, 0.6) is 5.75 Å². The third-order valence-corrected chi connectivity index (χ3v) is 2.91. The van der Waals surface area contributed by atoms with Gasteiger partial charge >= 0.3 is 0 Å². The van der Waals surface area contributed by atoms with Gasteiger partial charge in [-0.25, -0.2) is 4.39 Å². The van der Waals surface area contributed by atoms with Crippen molar-refractivity contribution in [3.05, 3.63) is 47.9 Å². The molecule has 0 spiro atoms. The molecule has 2 aromatic heterocycles. The highest BCUT2D eigenvalue weighted by Gasteiger charge is 2.13. The van der Waals surface area contributed by atoms with E-state index in [4.69, 9.17) is 15.4 Å². The summed E-state index contributed by atoms with van der Waals surface area (Å²) in [5.41, 5.74) is 7.29. The molecule has 0 amide bonds. The lowest BCUT2D eigenvalue weighted by Gasteiger charge is -1.97. The van der Waals surface area contributed by atoms with Gasteiger partial charge in [-0.05, 0) is 29.8 Å². The maximum Gasteiger partial charge on any atom is 0.276 e. The molecule has 3 rings (SSSR count). The molecule has 0 unspecified atom stereocenters. The summed E-state index contributed by atoms with van der Waals surface area (Å²) in [5.74, 6) is -0.735. The molecule has 106 valence electrons. The number of nitrogens with zero attached hydrogens (tertiary/aromatic N) is 3. The molecule has 0 saturated heterocycles. The first kappa shape index (κ1) is 13.2. The fourth-order valence-corrected chi connectivity index (χ4v) is 1.76. The number of hydrogen-bond acceptors (Lipinski definition) is 6. The van der Waals surface area contributed by atoms with Gasteiger partial charge in [-0.2, -0.15) is 4.98 Å². The van der Waals surface area contributed by atoms with E-state index in [2.05, 4.69) is 15.1 Å². The molecular weight excluding hydrogens is 275 g/mol. The maximum atomic E-state index is 13.3. The molecule has 0 fully saturated rings. The topological polar surface area (TPSA) is 98.1 Å². The lowest BCUT2D eigenvalue weighted by molar-refractivity contribution is 0.429. The minimum Gasteiger partial charge on any atom is -0.505 e. The predicted molar refractivity (Wildman–Crippen MR) is 72.5 cm³/mol. The zero-order valence-corrected chi connectivity index (χ0v) is 10.8. The van der Waals surface area contributed by atoms with Gasteiger partial charge in [0.05, 0.1) is 0 Å². The number of benzene rings is 1. The van der Waals surface area contributed by atoms with Crippen LogP contribution in [0.25, 0.3) is 23.0 Å². The summed E-state index contributed by atoms with van der Waals surface area (Å²) in [6, 6.07) is 7.39. The summed E-state index contributed by atoms with van der Waals surface area (Å²) in [7, 11) is 0. The van der Waals surface area contributed by atoms with Gasteiger partial charge in [-0.15, -0.1) is 0 Å². The second-order valence-electron chi connectivity index (χ2n) is 4.35. The number of rotatable bonds is 3. The van der Waals surface area contributed by atoms with Crippen LogP contribution in [0.4, 0.5) is 4.39 Å². The molecule has 2 heterocycles. The molecule has 0 saturated carbocycles. The van der Waals surface area contributed by atoms with Gasteiger partial charge in [0.2, 0.25) is 5.82 Å². The first-order chi connectivity index (χ1) is 10.2. The molecule has 7 heteroatoms. The van der Waals surface area contributed by atoms with Crippen LogP contribution in [0, 0.1) is 5.82 Å². The van der Waals surface area contributed by atoms with E-state index in [0.717, 1.165) is 11.6 Å². The van der Waals surface area contributed by atoms with Crippen molar-refractivity contribution in [2.75, 3.05) is 0 Å². The molecule has 0 aliphatic carbocycles. The van der Waals surface area contributed by atoms with Gasteiger partial charge in [0, 0.05) is 18.3 Å². The second kappa shape index (κ2) is 5.29. The summed E-state index contributed by atoms with van der Waals surface area (Å²) in [6.07, 6.45) is 1.62. The van der Waals surface area contributed by atoms with E-state index < -0.39 is 11.6 Å². The van der Waals surface area contributed by atoms with Crippen LogP contribution in [-0.2, 0) is 6.54 Å². The Morgan fingerprint density at radius 1 is 1.24 bits per heavy atom. The summed E-state index contributed by atoms with van der Waals surface area (Å²) >= 11 is 0. The monoisotopic (exact) mass is 286 g/mol. The number of hydrogen-bond donors (Lipinski definition) is 2. The zero-order valence-electron chi connectivity index (χ0n) is 10.8. The molecular formula is C14H11FN4O2. The van der Waals surface area contributed by atoms with E-state index >= 15 is 0 Å². The lowest BCUT2D eigenvalue weighted by Crippen LogP contribution is -1.96. The Kier molecular flexibility index (Phi) is 3.33. The van der Waals surface area contributed by atoms with E-state index in [0.29, 0.717) is 17.8 Å². The van der Waals surface area contributed by atoms with E-state index in [1.54, 1.807) is 12.3 Å². The highest BCUT2D eigenvalue weighted by atomic mass is 19.1.